The minimum atomic E-state index is -0.166. The second-order valence-corrected chi connectivity index (χ2v) is 3.87. The number of hydrogen-bond donors (Lipinski definition) is 3. The average Bonchev–Trinajstić information content (AvgIpc) is 2.20. The number of H-pyrrole nitrogens is 1. The van der Waals surface area contributed by atoms with Gasteiger partial charge < -0.3 is 15.6 Å². The van der Waals surface area contributed by atoms with Crippen LogP contribution in [-0.4, -0.2) is 16.6 Å². The number of thiocarbonyl (C=S) groups is 1. The van der Waals surface area contributed by atoms with E-state index in [9.17, 15) is 4.79 Å². The molecular weight excluding hydrogens is 222 g/mol. The van der Waals surface area contributed by atoms with Crippen molar-refractivity contribution in [2.24, 2.45) is 0 Å². The van der Waals surface area contributed by atoms with Crippen LogP contribution < -0.4 is 16.2 Å². The first-order valence-electron chi connectivity index (χ1n) is 4.91. The maximum absolute atomic E-state index is 11.6. The highest BCUT2D eigenvalue weighted by atomic mass is 32.1. The van der Waals surface area contributed by atoms with Gasteiger partial charge in [0.25, 0.3) is 5.56 Å². The zero-order chi connectivity index (χ0) is 12.1. The van der Waals surface area contributed by atoms with E-state index in [0.29, 0.717) is 17.3 Å². The molecule has 16 heavy (non-hydrogen) atoms. The molecule has 0 aliphatic rings. The number of pyridine rings is 1. The number of aryl methyl sites for hydroxylation is 2. The molecule has 0 saturated heterocycles. The molecule has 0 aliphatic heterocycles. The van der Waals surface area contributed by atoms with E-state index in [1.165, 1.54) is 0 Å². The molecule has 1 rings (SSSR count). The van der Waals surface area contributed by atoms with Gasteiger partial charge in [-0.3, -0.25) is 4.79 Å². The maximum atomic E-state index is 11.6. The Morgan fingerprint density at radius 1 is 1.62 bits per heavy atom. The lowest BCUT2D eigenvalue weighted by atomic mass is 10.2. The Labute approximate surface area is 99.8 Å². The normalized spacial score (nSPS) is 9.62. The van der Waals surface area contributed by atoms with Gasteiger partial charge in [0, 0.05) is 12.2 Å². The van der Waals surface area contributed by atoms with Crippen LogP contribution in [0, 0.1) is 13.8 Å². The third kappa shape index (κ3) is 3.20. The Balaban J connectivity index is 2.85. The third-order valence-corrected chi connectivity index (χ3v) is 2.26. The van der Waals surface area contributed by atoms with Gasteiger partial charge in [0.05, 0.1) is 0 Å². The molecule has 5 heteroatoms. The minimum Gasteiger partial charge on any atom is -0.359 e. The largest absolute Gasteiger partial charge is 0.359 e. The van der Waals surface area contributed by atoms with Gasteiger partial charge in [0.15, 0.2) is 5.11 Å². The highest BCUT2D eigenvalue weighted by molar-refractivity contribution is 7.80. The fourth-order valence-corrected chi connectivity index (χ4v) is 1.52. The number of hydrogen-bond acceptors (Lipinski definition) is 2. The van der Waals surface area contributed by atoms with E-state index in [4.69, 9.17) is 12.2 Å². The van der Waals surface area contributed by atoms with Crippen LogP contribution in [0.15, 0.2) is 23.5 Å². The van der Waals surface area contributed by atoms with Crippen molar-refractivity contribution in [2.75, 3.05) is 11.9 Å². The van der Waals surface area contributed by atoms with Crippen LogP contribution in [0.5, 0.6) is 0 Å². The second-order valence-electron chi connectivity index (χ2n) is 3.46. The van der Waals surface area contributed by atoms with Crippen molar-refractivity contribution in [2.45, 2.75) is 13.8 Å². The predicted molar refractivity (Wildman–Crippen MR) is 71.0 cm³/mol. The van der Waals surface area contributed by atoms with Crippen LogP contribution in [0.1, 0.15) is 11.3 Å². The minimum absolute atomic E-state index is 0.166. The summed E-state index contributed by atoms with van der Waals surface area (Å²) in [4.78, 5) is 14.4. The lowest BCUT2D eigenvalue weighted by Gasteiger charge is -2.10. The lowest BCUT2D eigenvalue weighted by Crippen LogP contribution is -2.31. The highest BCUT2D eigenvalue weighted by Crippen LogP contribution is 2.08. The molecule has 0 unspecified atom stereocenters. The van der Waals surface area contributed by atoms with E-state index in [0.717, 1.165) is 11.3 Å². The van der Waals surface area contributed by atoms with Crippen LogP contribution in [0.3, 0.4) is 0 Å². The van der Waals surface area contributed by atoms with Crippen molar-refractivity contribution in [1.29, 1.82) is 0 Å². The maximum Gasteiger partial charge on any atom is 0.272 e. The van der Waals surface area contributed by atoms with Crippen molar-refractivity contribution < 1.29 is 0 Å². The van der Waals surface area contributed by atoms with Gasteiger partial charge in [-0.1, -0.05) is 6.08 Å². The number of rotatable bonds is 3. The summed E-state index contributed by atoms with van der Waals surface area (Å²) in [6.45, 7) is 7.83. The van der Waals surface area contributed by atoms with Crippen molar-refractivity contribution in [3.63, 3.8) is 0 Å². The monoisotopic (exact) mass is 237 g/mol. The smallest absolute Gasteiger partial charge is 0.272 e. The molecule has 0 bridgehead atoms. The summed E-state index contributed by atoms with van der Waals surface area (Å²) in [7, 11) is 0. The van der Waals surface area contributed by atoms with Crippen LogP contribution in [0.2, 0.25) is 0 Å². The molecule has 1 heterocycles. The van der Waals surface area contributed by atoms with Crippen LogP contribution in [-0.2, 0) is 0 Å². The van der Waals surface area contributed by atoms with Crippen LogP contribution >= 0.6 is 12.2 Å². The molecule has 1 aromatic rings. The van der Waals surface area contributed by atoms with E-state index < -0.39 is 0 Å². The molecule has 0 fully saturated rings. The highest BCUT2D eigenvalue weighted by Gasteiger charge is 2.05. The number of nitrogens with one attached hydrogen (secondary N) is 3. The summed E-state index contributed by atoms with van der Waals surface area (Å²) >= 11 is 5.03. The fourth-order valence-electron chi connectivity index (χ4n) is 1.33. The molecule has 0 aromatic carbocycles. The average molecular weight is 237 g/mol. The SMILES string of the molecule is C=CCNC(=S)Nc1c(C)cc(C)[nH]c1=O. The van der Waals surface area contributed by atoms with Gasteiger partial charge in [0.2, 0.25) is 0 Å². The predicted octanol–water partition coefficient (Wildman–Crippen LogP) is 1.46. The quantitative estimate of drug-likeness (QED) is 0.550. The summed E-state index contributed by atoms with van der Waals surface area (Å²) in [5, 5.41) is 6.18. The summed E-state index contributed by atoms with van der Waals surface area (Å²) in [6, 6.07) is 1.89. The summed E-state index contributed by atoms with van der Waals surface area (Å²) < 4.78 is 0. The van der Waals surface area contributed by atoms with E-state index in [1.807, 2.05) is 19.9 Å². The summed E-state index contributed by atoms with van der Waals surface area (Å²) in [5.41, 5.74) is 2.01. The molecular formula is C11H15N3OS. The first kappa shape index (κ1) is 12.4. The van der Waals surface area contributed by atoms with E-state index >= 15 is 0 Å². The summed E-state index contributed by atoms with van der Waals surface area (Å²) in [6.07, 6.45) is 1.69. The van der Waals surface area contributed by atoms with Crippen molar-refractivity contribution in [3.8, 4) is 0 Å². The first-order valence-corrected chi connectivity index (χ1v) is 5.31. The molecule has 0 radical (unpaired) electrons. The molecule has 1 aromatic heterocycles. The van der Waals surface area contributed by atoms with E-state index in [1.54, 1.807) is 6.08 Å². The Morgan fingerprint density at radius 3 is 2.88 bits per heavy atom. The molecule has 4 nitrogen and oxygen atoms in total. The molecule has 0 atom stereocenters. The van der Waals surface area contributed by atoms with Crippen molar-refractivity contribution >= 4 is 23.0 Å². The van der Waals surface area contributed by atoms with Crippen molar-refractivity contribution in [3.05, 3.63) is 40.3 Å². The Morgan fingerprint density at radius 2 is 2.31 bits per heavy atom. The van der Waals surface area contributed by atoms with Crippen LogP contribution in [0.4, 0.5) is 5.69 Å². The third-order valence-electron chi connectivity index (χ3n) is 2.01. The second kappa shape index (κ2) is 5.46. The number of aromatic nitrogens is 1. The first-order chi connectivity index (χ1) is 7.54. The van der Waals surface area contributed by atoms with Gasteiger partial charge in [-0.15, -0.1) is 6.58 Å². The zero-order valence-corrected chi connectivity index (χ0v) is 10.2. The number of anilines is 1. The molecule has 0 saturated carbocycles. The van der Waals surface area contributed by atoms with E-state index in [-0.39, 0.29) is 5.56 Å². The molecule has 3 N–H and O–H groups in total. The zero-order valence-electron chi connectivity index (χ0n) is 9.39. The lowest BCUT2D eigenvalue weighted by molar-refractivity contribution is 1.05. The van der Waals surface area contributed by atoms with Gasteiger partial charge in [-0.05, 0) is 37.7 Å². The molecule has 0 aliphatic carbocycles. The van der Waals surface area contributed by atoms with E-state index in [2.05, 4.69) is 22.2 Å². The Kier molecular flexibility index (Phi) is 4.25. The molecule has 86 valence electrons. The topological polar surface area (TPSA) is 56.9 Å². The molecule has 0 spiro atoms. The Bertz CT molecular complexity index is 465. The Hall–Kier alpha value is -1.62. The van der Waals surface area contributed by atoms with Gasteiger partial charge in [-0.25, -0.2) is 0 Å². The van der Waals surface area contributed by atoms with Gasteiger partial charge in [0.1, 0.15) is 5.69 Å². The van der Waals surface area contributed by atoms with Crippen molar-refractivity contribution in [1.82, 2.24) is 10.3 Å². The molecule has 0 amide bonds. The fraction of sp³-hybridized carbons (Fsp3) is 0.273. The standard InChI is InChI=1S/C11H15N3OS/c1-4-5-12-11(16)14-9-7(2)6-8(3)13-10(9)15/h4,6H,1,5H2,2-3H3,(H,13,15)(H2,12,14,16). The van der Waals surface area contributed by atoms with Gasteiger partial charge in [-0.2, -0.15) is 0 Å². The summed E-state index contributed by atoms with van der Waals surface area (Å²) in [5.74, 6) is 0. The number of aromatic amines is 1. The van der Waals surface area contributed by atoms with Gasteiger partial charge >= 0.3 is 0 Å². The van der Waals surface area contributed by atoms with Crippen LogP contribution in [0.25, 0.3) is 0 Å².